The summed E-state index contributed by atoms with van der Waals surface area (Å²) in [5.41, 5.74) is 0.475. The fourth-order valence-electron chi connectivity index (χ4n) is 1.08. The van der Waals surface area contributed by atoms with E-state index in [2.05, 4.69) is 4.74 Å². The first-order valence-corrected chi connectivity index (χ1v) is 5.75. The lowest BCUT2D eigenvalue weighted by atomic mass is 10.1. The zero-order valence-electron chi connectivity index (χ0n) is 11.5. The number of hydrogen-bond donors (Lipinski definition) is 1. The van der Waals surface area contributed by atoms with Crippen molar-refractivity contribution in [1.29, 1.82) is 0 Å². The highest BCUT2D eigenvalue weighted by Crippen LogP contribution is 2.12. The van der Waals surface area contributed by atoms with E-state index in [1.54, 1.807) is 0 Å². The fourth-order valence-corrected chi connectivity index (χ4v) is 1.08. The summed E-state index contributed by atoms with van der Waals surface area (Å²) in [6, 6.07) is 5.61. The second-order valence-electron chi connectivity index (χ2n) is 4.00. The van der Waals surface area contributed by atoms with E-state index in [0.717, 1.165) is 0 Å². The van der Waals surface area contributed by atoms with E-state index in [-0.39, 0.29) is 24.2 Å². The van der Waals surface area contributed by atoms with Crippen LogP contribution in [0.3, 0.4) is 0 Å². The molecular weight excluding hydrogens is 280 g/mol. The molecule has 0 aromatic heterocycles. The second-order valence-corrected chi connectivity index (χ2v) is 4.00. The molecule has 0 saturated carbocycles. The van der Waals surface area contributed by atoms with Crippen LogP contribution in [-0.2, 0) is 30.4 Å². The number of benzene rings is 1. The van der Waals surface area contributed by atoms with Gasteiger partial charge >= 0.3 is 11.9 Å². The molecule has 0 heterocycles. The molecule has 0 aliphatic heterocycles. The van der Waals surface area contributed by atoms with Crippen molar-refractivity contribution in [2.75, 3.05) is 0 Å². The van der Waals surface area contributed by atoms with Crippen LogP contribution in [0.25, 0.3) is 0 Å². The van der Waals surface area contributed by atoms with Gasteiger partial charge in [-0.05, 0) is 31.5 Å². The van der Waals surface area contributed by atoms with Gasteiger partial charge in [0.05, 0.1) is 0 Å². The Morgan fingerprint density at radius 2 is 1.57 bits per heavy atom. The predicted molar refractivity (Wildman–Crippen MR) is 70.8 cm³/mol. The first kappa shape index (κ1) is 18.2. The third kappa shape index (κ3) is 8.82. The first-order valence-electron chi connectivity index (χ1n) is 5.75. The van der Waals surface area contributed by atoms with Gasteiger partial charge in [-0.3, -0.25) is 9.59 Å². The number of carbonyl (C=O) groups is 5. The van der Waals surface area contributed by atoms with Crippen LogP contribution >= 0.6 is 0 Å². The maximum atomic E-state index is 10.9. The number of aldehydes is 1. The van der Waals surface area contributed by atoms with Gasteiger partial charge < -0.3 is 14.6 Å². The van der Waals surface area contributed by atoms with Crippen LogP contribution in [0, 0.1) is 0 Å². The number of carboxylic acid groups (broad SMARTS) is 1. The standard InChI is InChI=1S/C11H8O6.C3H6O/c12-6-10(14)17-8-3-1-7(2-4-8)5-9(13)11(15)16;1-3(2)4/h1-4,6H,5H2,(H,15,16);1-2H3. The zero-order chi connectivity index (χ0) is 16.4. The summed E-state index contributed by atoms with van der Waals surface area (Å²) >= 11 is 0. The Hall–Kier alpha value is -2.83. The molecule has 7 heteroatoms. The number of aliphatic carboxylic acids is 1. The summed E-state index contributed by atoms with van der Waals surface area (Å²) in [6.45, 7) is 3.06. The minimum atomic E-state index is -1.50. The van der Waals surface area contributed by atoms with Crippen molar-refractivity contribution in [3.8, 4) is 5.75 Å². The molecule has 1 aromatic rings. The summed E-state index contributed by atoms with van der Waals surface area (Å²) in [5, 5.41) is 8.39. The summed E-state index contributed by atoms with van der Waals surface area (Å²) in [5.74, 6) is -3.14. The third-order valence-electron chi connectivity index (χ3n) is 1.84. The lowest BCUT2D eigenvalue weighted by molar-refractivity contribution is -0.148. The smallest absolute Gasteiger partial charge is 0.376 e. The highest BCUT2D eigenvalue weighted by molar-refractivity contribution is 6.33. The van der Waals surface area contributed by atoms with Gasteiger partial charge in [0.2, 0.25) is 12.1 Å². The van der Waals surface area contributed by atoms with Gasteiger partial charge in [0.25, 0.3) is 0 Å². The molecule has 0 radical (unpaired) electrons. The van der Waals surface area contributed by atoms with Crippen LogP contribution < -0.4 is 4.74 Å². The summed E-state index contributed by atoms with van der Waals surface area (Å²) in [6.07, 6.45) is -0.209. The number of rotatable bonds is 5. The molecule has 0 spiro atoms. The summed E-state index contributed by atoms with van der Waals surface area (Å²) in [4.78, 5) is 51.3. The van der Waals surface area contributed by atoms with E-state index >= 15 is 0 Å². The van der Waals surface area contributed by atoms with E-state index in [1.807, 2.05) is 0 Å². The van der Waals surface area contributed by atoms with Crippen LogP contribution in [0.15, 0.2) is 24.3 Å². The maximum absolute atomic E-state index is 10.9. The Bertz CT molecular complexity index is 539. The minimum Gasteiger partial charge on any atom is -0.475 e. The monoisotopic (exact) mass is 294 g/mol. The predicted octanol–water partition coefficient (Wildman–Crippen LogP) is 0.582. The third-order valence-corrected chi connectivity index (χ3v) is 1.84. The van der Waals surface area contributed by atoms with Gasteiger partial charge in [-0.1, -0.05) is 12.1 Å². The SMILES string of the molecule is CC(C)=O.O=CC(=O)Oc1ccc(CC(=O)C(=O)O)cc1. The molecule has 0 saturated heterocycles. The summed E-state index contributed by atoms with van der Waals surface area (Å²) in [7, 11) is 0. The molecule has 0 aliphatic rings. The number of hydrogen-bond acceptors (Lipinski definition) is 6. The molecule has 0 amide bonds. The van der Waals surface area contributed by atoms with E-state index in [1.165, 1.54) is 38.1 Å². The number of ketones is 2. The van der Waals surface area contributed by atoms with Crippen LogP contribution in [0.5, 0.6) is 5.75 Å². The van der Waals surface area contributed by atoms with Crippen LogP contribution in [0.1, 0.15) is 19.4 Å². The van der Waals surface area contributed by atoms with Gasteiger partial charge in [-0.25, -0.2) is 9.59 Å². The minimum absolute atomic E-state index is 0.0296. The second kappa shape index (κ2) is 9.13. The van der Waals surface area contributed by atoms with Gasteiger partial charge in [-0.2, -0.15) is 0 Å². The highest BCUT2D eigenvalue weighted by Gasteiger charge is 2.12. The molecule has 1 N–H and O–H groups in total. The number of carbonyl (C=O) groups excluding carboxylic acids is 4. The average Bonchev–Trinajstić information content (AvgIpc) is 2.40. The van der Waals surface area contributed by atoms with Crippen LogP contribution in [0.4, 0.5) is 0 Å². The van der Waals surface area contributed by atoms with Crippen molar-refractivity contribution in [2.24, 2.45) is 0 Å². The highest BCUT2D eigenvalue weighted by atomic mass is 16.5. The Morgan fingerprint density at radius 3 is 1.95 bits per heavy atom. The molecule has 0 atom stereocenters. The number of Topliss-reactive ketones (excluding diaryl/α,β-unsaturated/α-hetero) is 2. The molecule has 21 heavy (non-hydrogen) atoms. The lowest BCUT2D eigenvalue weighted by Crippen LogP contribution is -2.15. The number of carboxylic acids is 1. The van der Waals surface area contributed by atoms with Crippen molar-refractivity contribution >= 4 is 29.8 Å². The molecule has 0 fully saturated rings. The molecule has 0 aliphatic carbocycles. The van der Waals surface area contributed by atoms with Crippen LogP contribution in [0.2, 0.25) is 0 Å². The molecule has 0 unspecified atom stereocenters. The Kier molecular flexibility index (Phi) is 7.90. The zero-order valence-corrected chi connectivity index (χ0v) is 11.5. The van der Waals surface area contributed by atoms with Gasteiger partial charge in [0.15, 0.2) is 0 Å². The Balaban J connectivity index is 0.000000885. The molecule has 0 bridgehead atoms. The van der Waals surface area contributed by atoms with Gasteiger partial charge in [-0.15, -0.1) is 0 Å². The van der Waals surface area contributed by atoms with E-state index in [9.17, 15) is 24.0 Å². The quantitative estimate of drug-likeness (QED) is 0.365. The van der Waals surface area contributed by atoms with E-state index < -0.39 is 17.7 Å². The molecule has 1 rings (SSSR count). The maximum Gasteiger partial charge on any atom is 0.376 e. The van der Waals surface area contributed by atoms with Gasteiger partial charge in [0, 0.05) is 6.42 Å². The van der Waals surface area contributed by atoms with Crippen molar-refractivity contribution < 1.29 is 33.8 Å². The van der Waals surface area contributed by atoms with Crippen molar-refractivity contribution in [1.82, 2.24) is 0 Å². The first-order chi connectivity index (χ1) is 9.76. The largest absolute Gasteiger partial charge is 0.475 e. The summed E-state index contributed by atoms with van der Waals surface area (Å²) < 4.78 is 4.56. The van der Waals surface area contributed by atoms with Crippen molar-refractivity contribution in [3.63, 3.8) is 0 Å². The van der Waals surface area contributed by atoms with Crippen molar-refractivity contribution in [2.45, 2.75) is 20.3 Å². The molecule has 112 valence electrons. The average molecular weight is 294 g/mol. The molecule has 1 aromatic carbocycles. The van der Waals surface area contributed by atoms with Crippen molar-refractivity contribution in [3.05, 3.63) is 29.8 Å². The topological polar surface area (TPSA) is 115 Å². The number of ether oxygens (including phenoxy) is 1. The normalized spacial score (nSPS) is 8.86. The lowest BCUT2D eigenvalue weighted by Gasteiger charge is -2.01. The molecule has 7 nitrogen and oxygen atoms in total. The van der Waals surface area contributed by atoms with Crippen LogP contribution in [-0.4, -0.2) is 34.9 Å². The van der Waals surface area contributed by atoms with E-state index in [4.69, 9.17) is 5.11 Å². The molecular formula is C14H14O7. The number of esters is 1. The fraction of sp³-hybridized carbons (Fsp3) is 0.214. The van der Waals surface area contributed by atoms with Gasteiger partial charge in [0.1, 0.15) is 11.5 Å². The Labute approximate surface area is 120 Å². The van der Waals surface area contributed by atoms with E-state index in [0.29, 0.717) is 5.56 Å². The Morgan fingerprint density at radius 1 is 1.10 bits per heavy atom.